The Kier molecular flexibility index (Phi) is 4.65. The molecule has 2 rings (SSSR count). The Morgan fingerprint density at radius 2 is 1.61 bits per heavy atom. The maximum absolute atomic E-state index is 5.97. The molecule has 0 unspecified atom stereocenters. The van der Waals surface area contributed by atoms with Gasteiger partial charge in [-0.05, 0) is 36.2 Å². The van der Waals surface area contributed by atoms with Gasteiger partial charge in [-0.1, -0.05) is 53.5 Å². The normalized spacial score (nSPS) is 12.4. The Hall–Kier alpha value is -1.02. The van der Waals surface area contributed by atoms with Crippen molar-refractivity contribution < 1.29 is 0 Å². The van der Waals surface area contributed by atoms with Gasteiger partial charge < -0.3 is 5.32 Å². The minimum atomic E-state index is 0.295. The third-order valence-electron chi connectivity index (χ3n) is 2.83. The summed E-state index contributed by atoms with van der Waals surface area (Å²) < 4.78 is 0. The van der Waals surface area contributed by atoms with E-state index in [1.807, 2.05) is 30.3 Å². The van der Waals surface area contributed by atoms with E-state index in [1.165, 1.54) is 5.56 Å². The zero-order valence-electron chi connectivity index (χ0n) is 10.2. The highest BCUT2D eigenvalue weighted by molar-refractivity contribution is 6.34. The molecule has 0 fully saturated rings. The standard InChI is InChI=1S/C15H15Cl2N/c1-11(13-5-3-2-4-6-13)18-10-12-7-14(16)9-15(17)8-12/h2-9,11,18H,10H2,1H3/t11-/m0/s1. The Labute approximate surface area is 118 Å². The van der Waals surface area contributed by atoms with Crippen LogP contribution in [-0.2, 0) is 6.54 Å². The van der Waals surface area contributed by atoms with E-state index in [0.717, 1.165) is 12.1 Å². The summed E-state index contributed by atoms with van der Waals surface area (Å²) in [6.45, 7) is 2.89. The van der Waals surface area contributed by atoms with Crippen LogP contribution in [0.3, 0.4) is 0 Å². The van der Waals surface area contributed by atoms with Crippen molar-refractivity contribution in [1.29, 1.82) is 0 Å². The molecule has 2 aromatic rings. The van der Waals surface area contributed by atoms with Crippen molar-refractivity contribution in [3.8, 4) is 0 Å². The van der Waals surface area contributed by atoms with Crippen molar-refractivity contribution in [1.82, 2.24) is 5.32 Å². The van der Waals surface area contributed by atoms with Gasteiger partial charge >= 0.3 is 0 Å². The molecule has 94 valence electrons. The maximum atomic E-state index is 5.97. The highest BCUT2D eigenvalue weighted by Gasteiger charge is 2.04. The number of rotatable bonds is 4. The second-order valence-corrected chi connectivity index (χ2v) is 5.16. The molecule has 0 bridgehead atoms. The van der Waals surface area contributed by atoms with Gasteiger partial charge in [0.05, 0.1) is 0 Å². The van der Waals surface area contributed by atoms with Gasteiger partial charge in [0.2, 0.25) is 0 Å². The van der Waals surface area contributed by atoms with Crippen molar-refractivity contribution in [2.75, 3.05) is 0 Å². The summed E-state index contributed by atoms with van der Waals surface area (Å²) >= 11 is 11.9. The van der Waals surface area contributed by atoms with Crippen LogP contribution in [-0.4, -0.2) is 0 Å². The Balaban J connectivity index is 1.99. The fraction of sp³-hybridized carbons (Fsp3) is 0.200. The van der Waals surface area contributed by atoms with Gasteiger partial charge in [0, 0.05) is 22.6 Å². The molecule has 0 aliphatic rings. The fourth-order valence-electron chi connectivity index (χ4n) is 1.84. The van der Waals surface area contributed by atoms with E-state index in [-0.39, 0.29) is 0 Å². The summed E-state index contributed by atoms with van der Waals surface area (Å²) in [7, 11) is 0. The lowest BCUT2D eigenvalue weighted by Gasteiger charge is -2.14. The zero-order chi connectivity index (χ0) is 13.0. The number of nitrogens with one attached hydrogen (secondary N) is 1. The first-order valence-corrected chi connectivity index (χ1v) is 6.64. The van der Waals surface area contributed by atoms with E-state index >= 15 is 0 Å². The lowest BCUT2D eigenvalue weighted by atomic mass is 10.1. The van der Waals surface area contributed by atoms with Crippen LogP contribution in [0.5, 0.6) is 0 Å². The number of hydrogen-bond acceptors (Lipinski definition) is 1. The van der Waals surface area contributed by atoms with Crippen molar-refractivity contribution in [3.05, 3.63) is 69.7 Å². The van der Waals surface area contributed by atoms with Gasteiger partial charge in [-0.15, -0.1) is 0 Å². The molecule has 0 saturated heterocycles. The highest BCUT2D eigenvalue weighted by Crippen LogP contribution is 2.20. The molecule has 0 amide bonds. The minimum Gasteiger partial charge on any atom is -0.306 e. The molecule has 0 saturated carbocycles. The SMILES string of the molecule is C[C@H](NCc1cc(Cl)cc(Cl)c1)c1ccccc1. The van der Waals surface area contributed by atoms with Gasteiger partial charge in [-0.2, -0.15) is 0 Å². The van der Waals surface area contributed by atoms with E-state index in [2.05, 4.69) is 24.4 Å². The predicted octanol–water partition coefficient (Wildman–Crippen LogP) is 4.84. The smallest absolute Gasteiger partial charge is 0.0424 e. The molecule has 0 radical (unpaired) electrons. The van der Waals surface area contributed by atoms with Crippen LogP contribution in [0, 0.1) is 0 Å². The number of benzene rings is 2. The van der Waals surface area contributed by atoms with E-state index < -0.39 is 0 Å². The molecule has 3 heteroatoms. The molecule has 18 heavy (non-hydrogen) atoms. The molecule has 0 heterocycles. The van der Waals surface area contributed by atoms with Gasteiger partial charge in [0.15, 0.2) is 0 Å². The van der Waals surface area contributed by atoms with Gasteiger partial charge in [-0.25, -0.2) is 0 Å². The molecule has 0 aliphatic heterocycles. The van der Waals surface area contributed by atoms with Gasteiger partial charge in [0.1, 0.15) is 0 Å². The Morgan fingerprint density at radius 1 is 1.00 bits per heavy atom. The van der Waals surface area contributed by atoms with Gasteiger partial charge in [0.25, 0.3) is 0 Å². The third kappa shape index (κ3) is 3.74. The first-order valence-electron chi connectivity index (χ1n) is 5.88. The average Bonchev–Trinajstić information content (AvgIpc) is 2.36. The molecule has 0 aliphatic carbocycles. The van der Waals surface area contributed by atoms with E-state index in [0.29, 0.717) is 16.1 Å². The summed E-state index contributed by atoms with van der Waals surface area (Å²) in [6.07, 6.45) is 0. The van der Waals surface area contributed by atoms with Crippen molar-refractivity contribution in [3.63, 3.8) is 0 Å². The molecule has 1 nitrogen and oxygen atoms in total. The van der Waals surface area contributed by atoms with E-state index in [4.69, 9.17) is 23.2 Å². The molecule has 0 aromatic heterocycles. The first kappa shape index (κ1) is 13.4. The average molecular weight is 280 g/mol. The maximum Gasteiger partial charge on any atom is 0.0424 e. The molecular weight excluding hydrogens is 265 g/mol. The minimum absolute atomic E-state index is 0.295. The summed E-state index contributed by atoms with van der Waals surface area (Å²) in [5.41, 5.74) is 2.36. The summed E-state index contributed by atoms with van der Waals surface area (Å²) in [4.78, 5) is 0. The molecule has 2 aromatic carbocycles. The topological polar surface area (TPSA) is 12.0 Å². The van der Waals surface area contributed by atoms with E-state index in [1.54, 1.807) is 6.07 Å². The Bertz CT molecular complexity index is 491. The molecular formula is C15H15Cl2N. The summed E-state index contributed by atoms with van der Waals surface area (Å²) in [5, 5.41) is 4.80. The van der Waals surface area contributed by atoms with Crippen LogP contribution in [0.1, 0.15) is 24.1 Å². The van der Waals surface area contributed by atoms with Crippen LogP contribution in [0.2, 0.25) is 10.0 Å². The van der Waals surface area contributed by atoms with Crippen molar-refractivity contribution >= 4 is 23.2 Å². The van der Waals surface area contributed by atoms with Crippen molar-refractivity contribution in [2.45, 2.75) is 19.5 Å². The number of hydrogen-bond donors (Lipinski definition) is 1. The predicted molar refractivity (Wildman–Crippen MR) is 78.2 cm³/mol. The van der Waals surface area contributed by atoms with Gasteiger partial charge in [-0.3, -0.25) is 0 Å². The molecule has 1 N–H and O–H groups in total. The lowest BCUT2D eigenvalue weighted by Crippen LogP contribution is -2.17. The zero-order valence-corrected chi connectivity index (χ0v) is 11.7. The second-order valence-electron chi connectivity index (χ2n) is 4.29. The largest absolute Gasteiger partial charge is 0.306 e. The first-order chi connectivity index (χ1) is 8.65. The molecule has 0 spiro atoms. The highest BCUT2D eigenvalue weighted by atomic mass is 35.5. The molecule has 1 atom stereocenters. The fourth-order valence-corrected chi connectivity index (χ4v) is 2.41. The van der Waals surface area contributed by atoms with Crippen LogP contribution in [0.15, 0.2) is 48.5 Å². The number of halogens is 2. The van der Waals surface area contributed by atoms with Crippen molar-refractivity contribution in [2.24, 2.45) is 0 Å². The van der Waals surface area contributed by atoms with Crippen LogP contribution >= 0.6 is 23.2 Å². The third-order valence-corrected chi connectivity index (χ3v) is 3.27. The second kappa shape index (κ2) is 6.24. The van der Waals surface area contributed by atoms with E-state index in [9.17, 15) is 0 Å². The lowest BCUT2D eigenvalue weighted by molar-refractivity contribution is 0.575. The monoisotopic (exact) mass is 279 g/mol. The summed E-state index contributed by atoms with van der Waals surface area (Å²) in [6, 6.07) is 16.2. The quantitative estimate of drug-likeness (QED) is 0.844. The van der Waals surface area contributed by atoms with Crippen LogP contribution in [0.4, 0.5) is 0 Å². The summed E-state index contributed by atoms with van der Waals surface area (Å²) in [5.74, 6) is 0. The van der Waals surface area contributed by atoms with Crippen LogP contribution in [0.25, 0.3) is 0 Å². The Morgan fingerprint density at radius 3 is 2.22 bits per heavy atom. The van der Waals surface area contributed by atoms with Crippen LogP contribution < -0.4 is 5.32 Å².